The van der Waals surface area contributed by atoms with Gasteiger partial charge in [-0.05, 0) is 37.0 Å². The molecule has 1 saturated heterocycles. The van der Waals surface area contributed by atoms with E-state index in [-0.39, 0.29) is 0 Å². The zero-order chi connectivity index (χ0) is 18.4. The fourth-order valence-electron chi connectivity index (χ4n) is 3.46. The molecule has 0 amide bonds. The first kappa shape index (κ1) is 18.3. The topological polar surface area (TPSA) is 54.7 Å². The van der Waals surface area contributed by atoms with E-state index in [9.17, 15) is 0 Å². The van der Waals surface area contributed by atoms with E-state index in [4.69, 9.17) is 9.73 Å². The van der Waals surface area contributed by atoms with Crippen molar-refractivity contribution < 1.29 is 4.74 Å². The van der Waals surface area contributed by atoms with Crippen LogP contribution in [-0.4, -0.2) is 47.2 Å². The van der Waals surface area contributed by atoms with Gasteiger partial charge in [-0.25, -0.2) is 9.98 Å². The zero-order valence-corrected chi connectivity index (χ0v) is 15.9. The minimum Gasteiger partial charge on any atom is -0.497 e. The Morgan fingerprint density at radius 3 is 3.04 bits per heavy atom. The summed E-state index contributed by atoms with van der Waals surface area (Å²) in [6, 6.07) is 8.52. The average molecular weight is 355 g/mol. The molecular formula is C20H29N5O. The van der Waals surface area contributed by atoms with Crippen LogP contribution in [0.3, 0.4) is 0 Å². The van der Waals surface area contributed by atoms with Gasteiger partial charge in [0, 0.05) is 32.0 Å². The number of guanidine groups is 1. The Bertz CT molecular complexity index is 713. The zero-order valence-electron chi connectivity index (χ0n) is 15.9. The maximum Gasteiger partial charge on any atom is 0.194 e. The summed E-state index contributed by atoms with van der Waals surface area (Å²) in [5, 5.41) is 3.45. The van der Waals surface area contributed by atoms with Crippen LogP contribution in [-0.2, 0) is 6.54 Å². The van der Waals surface area contributed by atoms with Crippen molar-refractivity contribution in [3.63, 3.8) is 0 Å². The van der Waals surface area contributed by atoms with Crippen LogP contribution in [0, 0.1) is 5.92 Å². The normalized spacial score (nSPS) is 20.9. The van der Waals surface area contributed by atoms with Gasteiger partial charge in [-0.1, -0.05) is 19.1 Å². The van der Waals surface area contributed by atoms with E-state index < -0.39 is 0 Å². The monoisotopic (exact) mass is 355 g/mol. The smallest absolute Gasteiger partial charge is 0.194 e. The molecule has 2 aromatic rings. The molecule has 0 spiro atoms. The highest BCUT2D eigenvalue weighted by atomic mass is 16.5. The Balaban J connectivity index is 1.73. The fourth-order valence-corrected chi connectivity index (χ4v) is 3.46. The molecule has 1 N–H and O–H groups in total. The second-order valence-corrected chi connectivity index (χ2v) is 6.81. The molecule has 1 fully saturated rings. The number of methoxy groups -OCH3 is 1. The highest BCUT2D eigenvalue weighted by Gasteiger charge is 2.28. The van der Waals surface area contributed by atoms with Gasteiger partial charge in [-0.3, -0.25) is 0 Å². The number of aromatic nitrogens is 2. The maximum atomic E-state index is 5.31. The van der Waals surface area contributed by atoms with Crippen molar-refractivity contribution in [1.82, 2.24) is 19.8 Å². The van der Waals surface area contributed by atoms with E-state index >= 15 is 0 Å². The predicted molar refractivity (Wildman–Crippen MR) is 104 cm³/mol. The molecular weight excluding hydrogens is 326 g/mol. The minimum atomic E-state index is 0.423. The maximum absolute atomic E-state index is 5.31. The third-order valence-corrected chi connectivity index (χ3v) is 5.01. The van der Waals surface area contributed by atoms with Gasteiger partial charge in [-0.15, -0.1) is 0 Å². The van der Waals surface area contributed by atoms with E-state index in [0.717, 1.165) is 43.3 Å². The number of nitrogens with zero attached hydrogens (tertiary/aromatic N) is 4. The minimum absolute atomic E-state index is 0.423. The fraction of sp³-hybridized carbons (Fsp3) is 0.500. The first-order valence-electron chi connectivity index (χ1n) is 9.35. The second-order valence-electron chi connectivity index (χ2n) is 6.81. The molecule has 1 aromatic carbocycles. The van der Waals surface area contributed by atoms with Gasteiger partial charge in [0.1, 0.15) is 5.75 Å². The quantitative estimate of drug-likeness (QED) is 0.662. The summed E-state index contributed by atoms with van der Waals surface area (Å²) in [6.45, 7) is 7.90. The molecule has 1 aliphatic rings. The Labute approximate surface area is 155 Å². The molecule has 3 rings (SSSR count). The number of piperidine rings is 1. The van der Waals surface area contributed by atoms with Crippen LogP contribution in [0.4, 0.5) is 0 Å². The average Bonchev–Trinajstić information content (AvgIpc) is 3.20. The van der Waals surface area contributed by atoms with E-state index in [1.54, 1.807) is 7.11 Å². The van der Waals surface area contributed by atoms with Crippen LogP contribution < -0.4 is 10.1 Å². The van der Waals surface area contributed by atoms with Crippen LogP contribution in [0.1, 0.15) is 31.9 Å². The molecule has 26 heavy (non-hydrogen) atoms. The van der Waals surface area contributed by atoms with Gasteiger partial charge in [0.2, 0.25) is 0 Å². The summed E-state index contributed by atoms with van der Waals surface area (Å²) in [4.78, 5) is 11.5. The first-order valence-corrected chi connectivity index (χ1v) is 9.35. The van der Waals surface area contributed by atoms with Crippen molar-refractivity contribution in [2.24, 2.45) is 10.9 Å². The van der Waals surface area contributed by atoms with Crippen LogP contribution in [0.25, 0.3) is 0 Å². The Morgan fingerprint density at radius 2 is 2.31 bits per heavy atom. The van der Waals surface area contributed by atoms with E-state index in [1.807, 2.05) is 30.7 Å². The third-order valence-electron chi connectivity index (χ3n) is 5.01. The highest BCUT2D eigenvalue weighted by Crippen LogP contribution is 2.27. The van der Waals surface area contributed by atoms with Crippen molar-refractivity contribution in [3.8, 4) is 5.75 Å². The number of nitrogens with one attached hydrogen (secondary N) is 1. The molecule has 2 atom stereocenters. The number of imidazole rings is 1. The van der Waals surface area contributed by atoms with Crippen molar-refractivity contribution in [2.45, 2.75) is 32.9 Å². The molecule has 0 bridgehead atoms. The largest absolute Gasteiger partial charge is 0.497 e. The second kappa shape index (κ2) is 8.74. The Kier molecular flexibility index (Phi) is 6.15. The number of likely N-dealkylation sites (tertiary alicyclic amines) is 1. The number of benzene rings is 1. The number of rotatable bonds is 5. The summed E-state index contributed by atoms with van der Waals surface area (Å²) >= 11 is 0. The Morgan fingerprint density at radius 1 is 1.42 bits per heavy atom. The van der Waals surface area contributed by atoms with Crippen LogP contribution in [0.15, 0.2) is 48.0 Å². The van der Waals surface area contributed by atoms with E-state index in [1.165, 1.54) is 0 Å². The van der Waals surface area contributed by atoms with Crippen molar-refractivity contribution in [2.75, 3.05) is 26.7 Å². The highest BCUT2D eigenvalue weighted by molar-refractivity contribution is 5.80. The molecule has 140 valence electrons. The van der Waals surface area contributed by atoms with Crippen molar-refractivity contribution >= 4 is 5.96 Å². The lowest BCUT2D eigenvalue weighted by Crippen LogP contribution is -2.49. The molecule has 2 heterocycles. The predicted octanol–water partition coefficient (Wildman–Crippen LogP) is 2.94. The van der Waals surface area contributed by atoms with Crippen LogP contribution in [0.5, 0.6) is 5.75 Å². The summed E-state index contributed by atoms with van der Waals surface area (Å²) < 4.78 is 7.53. The van der Waals surface area contributed by atoms with Crippen molar-refractivity contribution in [1.29, 1.82) is 0 Å². The molecule has 1 aromatic heterocycles. The van der Waals surface area contributed by atoms with Gasteiger partial charge in [0.05, 0.1) is 26.0 Å². The number of hydrogen-bond donors (Lipinski definition) is 1. The van der Waals surface area contributed by atoms with Crippen LogP contribution >= 0.6 is 0 Å². The van der Waals surface area contributed by atoms with Gasteiger partial charge in [0.25, 0.3) is 0 Å². The van der Waals surface area contributed by atoms with Crippen molar-refractivity contribution in [3.05, 3.63) is 48.5 Å². The standard InChI is InChI=1S/C20H29N5O/c1-4-22-20(23-13-17-6-5-7-18(12-17)26-3)24-10-8-16(2)19(14-24)25-11-9-21-15-25/h5-7,9,11-12,15-16,19H,4,8,10,13-14H2,1-3H3,(H,22,23). The summed E-state index contributed by atoms with van der Waals surface area (Å²) in [7, 11) is 1.69. The van der Waals surface area contributed by atoms with Crippen LogP contribution in [0.2, 0.25) is 0 Å². The molecule has 0 aliphatic carbocycles. The molecule has 2 unspecified atom stereocenters. The third kappa shape index (κ3) is 4.36. The SMILES string of the molecule is CCNC(=NCc1cccc(OC)c1)N1CCC(C)C(n2ccnc2)C1. The van der Waals surface area contributed by atoms with E-state index in [2.05, 4.69) is 45.9 Å². The molecule has 1 aliphatic heterocycles. The Hall–Kier alpha value is -2.50. The lowest BCUT2D eigenvalue weighted by Gasteiger charge is -2.39. The molecule has 6 heteroatoms. The number of ether oxygens (including phenoxy) is 1. The summed E-state index contributed by atoms with van der Waals surface area (Å²) in [6.07, 6.45) is 6.98. The lowest BCUT2D eigenvalue weighted by atomic mass is 9.93. The van der Waals surface area contributed by atoms with Gasteiger partial charge in [0.15, 0.2) is 5.96 Å². The summed E-state index contributed by atoms with van der Waals surface area (Å²) in [5.41, 5.74) is 1.15. The lowest BCUT2D eigenvalue weighted by molar-refractivity contribution is 0.189. The molecule has 0 radical (unpaired) electrons. The number of aliphatic imine (C=N–C) groups is 1. The van der Waals surface area contributed by atoms with Gasteiger partial charge >= 0.3 is 0 Å². The first-order chi connectivity index (χ1) is 12.7. The molecule has 6 nitrogen and oxygen atoms in total. The molecule has 0 saturated carbocycles. The number of hydrogen-bond acceptors (Lipinski definition) is 3. The van der Waals surface area contributed by atoms with E-state index in [0.29, 0.717) is 18.5 Å². The summed E-state index contributed by atoms with van der Waals surface area (Å²) in [5.74, 6) is 2.48. The van der Waals surface area contributed by atoms with Gasteiger partial charge < -0.3 is 19.5 Å². The van der Waals surface area contributed by atoms with Gasteiger partial charge in [-0.2, -0.15) is 0 Å².